The number of nitrogens with two attached hydrogens (primary N) is 1. The van der Waals surface area contributed by atoms with Crippen LogP contribution < -0.4 is 5.73 Å². The molecule has 0 saturated carbocycles. The number of rotatable bonds is 3. The van der Waals surface area contributed by atoms with E-state index in [9.17, 15) is 9.59 Å². The molecule has 2 amide bonds. The molecule has 1 aliphatic rings. The minimum Gasteiger partial charge on any atom is -0.366 e. The molecule has 2 N–H and O–H groups in total. The molecule has 1 fully saturated rings. The minimum atomic E-state index is -0.471. The molecule has 1 rings (SSSR count). The molecule has 12 heavy (non-hydrogen) atoms. The Hall–Kier alpha value is -1.32. The van der Waals surface area contributed by atoms with Crippen molar-refractivity contribution in [2.24, 2.45) is 5.73 Å². The van der Waals surface area contributed by atoms with E-state index in [4.69, 9.17) is 5.73 Å². The number of hydrogen-bond donors (Lipinski definition) is 1. The Bertz CT molecular complexity index is 223. The largest absolute Gasteiger partial charge is 0.366 e. The lowest BCUT2D eigenvalue weighted by molar-refractivity contribution is -0.127. The normalized spacial score (nSPS) is 17.7. The van der Waals surface area contributed by atoms with Crippen LogP contribution in [0.2, 0.25) is 0 Å². The lowest BCUT2D eigenvalue weighted by Gasteiger charge is -2.11. The number of amides is 2. The molecule has 0 bridgehead atoms. The van der Waals surface area contributed by atoms with Crippen molar-refractivity contribution in [1.29, 1.82) is 0 Å². The maximum absolute atomic E-state index is 11.0. The molecule has 0 aromatic heterocycles. The first-order valence-corrected chi connectivity index (χ1v) is 3.94. The van der Waals surface area contributed by atoms with Crippen LogP contribution in [0.5, 0.6) is 0 Å². The fourth-order valence-corrected chi connectivity index (χ4v) is 1.19. The van der Waals surface area contributed by atoms with Crippen molar-refractivity contribution >= 4 is 11.8 Å². The second kappa shape index (κ2) is 3.90. The molecule has 0 aromatic carbocycles. The van der Waals surface area contributed by atoms with E-state index in [0.29, 0.717) is 13.0 Å². The zero-order valence-corrected chi connectivity index (χ0v) is 6.82. The average Bonchev–Trinajstić information content (AvgIpc) is 2.36. The quantitative estimate of drug-likeness (QED) is 0.585. The van der Waals surface area contributed by atoms with Gasteiger partial charge in [-0.15, -0.1) is 0 Å². The first-order chi connectivity index (χ1) is 5.70. The summed E-state index contributed by atoms with van der Waals surface area (Å²) in [5.41, 5.74) is 4.88. The van der Waals surface area contributed by atoms with Crippen LogP contribution in [0.4, 0.5) is 0 Å². The van der Waals surface area contributed by atoms with Gasteiger partial charge in [-0.2, -0.15) is 0 Å². The van der Waals surface area contributed by atoms with Gasteiger partial charge < -0.3 is 10.6 Å². The van der Waals surface area contributed by atoms with Crippen LogP contribution in [-0.4, -0.2) is 29.8 Å². The summed E-state index contributed by atoms with van der Waals surface area (Å²) in [7, 11) is 0. The van der Waals surface area contributed by atoms with E-state index >= 15 is 0 Å². The van der Waals surface area contributed by atoms with Gasteiger partial charge in [0.2, 0.25) is 11.8 Å². The lowest BCUT2D eigenvalue weighted by atomic mass is 10.4. The summed E-state index contributed by atoms with van der Waals surface area (Å²) < 4.78 is 0. The molecule has 0 atom stereocenters. The van der Waals surface area contributed by atoms with Crippen LogP contribution in [-0.2, 0) is 9.59 Å². The summed E-state index contributed by atoms with van der Waals surface area (Å²) >= 11 is 0. The Balaban J connectivity index is 2.31. The van der Waals surface area contributed by atoms with Gasteiger partial charge in [0.25, 0.3) is 0 Å². The number of likely N-dealkylation sites (tertiary alicyclic amines) is 1. The summed E-state index contributed by atoms with van der Waals surface area (Å²) in [5, 5.41) is 0. The summed E-state index contributed by atoms with van der Waals surface area (Å²) in [6.07, 6.45) is 4.45. The zero-order valence-electron chi connectivity index (χ0n) is 6.82. The van der Waals surface area contributed by atoms with E-state index < -0.39 is 5.91 Å². The number of hydrogen-bond acceptors (Lipinski definition) is 2. The first kappa shape index (κ1) is 8.77. The Morgan fingerprint density at radius 2 is 2.42 bits per heavy atom. The predicted octanol–water partition coefficient (Wildman–Crippen LogP) is -0.350. The van der Waals surface area contributed by atoms with Crippen LogP contribution in [0.25, 0.3) is 0 Å². The molecule has 1 heterocycles. The number of carbonyl (C=O) groups excluding carboxylic acids is 2. The summed E-state index contributed by atoms with van der Waals surface area (Å²) in [6, 6.07) is 0. The van der Waals surface area contributed by atoms with E-state index in [0.717, 1.165) is 13.0 Å². The summed E-state index contributed by atoms with van der Waals surface area (Å²) in [4.78, 5) is 23.0. The molecule has 0 aromatic rings. The molecule has 66 valence electrons. The molecule has 0 spiro atoms. The molecule has 0 aliphatic carbocycles. The van der Waals surface area contributed by atoms with E-state index in [1.807, 2.05) is 0 Å². The molecular weight excluding hydrogens is 156 g/mol. The van der Waals surface area contributed by atoms with Gasteiger partial charge in [-0.1, -0.05) is 6.08 Å². The predicted molar refractivity (Wildman–Crippen MR) is 44.1 cm³/mol. The fourth-order valence-electron chi connectivity index (χ4n) is 1.19. The fraction of sp³-hybridized carbons (Fsp3) is 0.500. The van der Waals surface area contributed by atoms with Crippen LogP contribution >= 0.6 is 0 Å². The highest BCUT2D eigenvalue weighted by Crippen LogP contribution is 2.08. The van der Waals surface area contributed by atoms with Crippen LogP contribution in [0, 0.1) is 0 Å². The van der Waals surface area contributed by atoms with Crippen molar-refractivity contribution in [2.75, 3.05) is 13.1 Å². The summed E-state index contributed by atoms with van der Waals surface area (Å²) in [6.45, 7) is 1.30. The smallest absolute Gasteiger partial charge is 0.241 e. The third-order valence-corrected chi connectivity index (χ3v) is 1.78. The van der Waals surface area contributed by atoms with Crippen molar-refractivity contribution in [3.8, 4) is 0 Å². The van der Waals surface area contributed by atoms with Crippen LogP contribution in [0.3, 0.4) is 0 Å². The average molecular weight is 168 g/mol. The molecule has 1 aliphatic heterocycles. The Morgan fingerprint density at radius 1 is 1.67 bits per heavy atom. The third kappa shape index (κ3) is 2.38. The standard InChI is InChI=1S/C8H12N2O2/c9-7(11)3-1-5-10-6-2-4-8(10)12/h1,3H,2,4-6H2,(H2,9,11)/b3-1+. The van der Waals surface area contributed by atoms with Gasteiger partial charge in [0, 0.05) is 25.6 Å². The topological polar surface area (TPSA) is 63.4 Å². The molecule has 4 heteroatoms. The highest BCUT2D eigenvalue weighted by atomic mass is 16.2. The van der Waals surface area contributed by atoms with Gasteiger partial charge in [0.1, 0.15) is 0 Å². The van der Waals surface area contributed by atoms with E-state index in [-0.39, 0.29) is 5.91 Å². The number of nitrogens with zero attached hydrogens (tertiary/aromatic N) is 1. The second-order valence-electron chi connectivity index (χ2n) is 2.75. The van der Waals surface area contributed by atoms with Gasteiger partial charge in [-0.05, 0) is 6.42 Å². The minimum absolute atomic E-state index is 0.157. The highest BCUT2D eigenvalue weighted by molar-refractivity contribution is 5.85. The lowest BCUT2D eigenvalue weighted by Crippen LogP contribution is -2.24. The van der Waals surface area contributed by atoms with E-state index in [1.165, 1.54) is 6.08 Å². The highest BCUT2D eigenvalue weighted by Gasteiger charge is 2.17. The van der Waals surface area contributed by atoms with Gasteiger partial charge in [0.15, 0.2) is 0 Å². The second-order valence-corrected chi connectivity index (χ2v) is 2.75. The maximum Gasteiger partial charge on any atom is 0.241 e. The van der Waals surface area contributed by atoms with Crippen molar-refractivity contribution < 1.29 is 9.59 Å². The molecule has 0 radical (unpaired) electrons. The summed E-state index contributed by atoms with van der Waals surface area (Å²) in [5.74, 6) is -0.314. The SMILES string of the molecule is NC(=O)/C=C/CN1CCCC1=O. The number of carbonyl (C=O) groups is 2. The monoisotopic (exact) mass is 168 g/mol. The third-order valence-electron chi connectivity index (χ3n) is 1.78. The van der Waals surface area contributed by atoms with Gasteiger partial charge in [-0.3, -0.25) is 9.59 Å². The molecule has 1 saturated heterocycles. The van der Waals surface area contributed by atoms with E-state index in [2.05, 4.69) is 0 Å². The zero-order chi connectivity index (χ0) is 8.97. The van der Waals surface area contributed by atoms with Crippen LogP contribution in [0.15, 0.2) is 12.2 Å². The van der Waals surface area contributed by atoms with Gasteiger partial charge >= 0.3 is 0 Å². The Labute approximate surface area is 71.0 Å². The molecular formula is C8H12N2O2. The van der Waals surface area contributed by atoms with Crippen molar-refractivity contribution in [3.05, 3.63) is 12.2 Å². The Kier molecular flexibility index (Phi) is 2.85. The van der Waals surface area contributed by atoms with E-state index in [1.54, 1.807) is 11.0 Å². The van der Waals surface area contributed by atoms with Crippen molar-refractivity contribution in [1.82, 2.24) is 4.90 Å². The molecule has 0 unspecified atom stereocenters. The first-order valence-electron chi connectivity index (χ1n) is 3.94. The van der Waals surface area contributed by atoms with Crippen LogP contribution in [0.1, 0.15) is 12.8 Å². The van der Waals surface area contributed by atoms with Gasteiger partial charge in [-0.25, -0.2) is 0 Å². The van der Waals surface area contributed by atoms with Crippen molar-refractivity contribution in [2.45, 2.75) is 12.8 Å². The Morgan fingerprint density at radius 3 is 2.92 bits per heavy atom. The van der Waals surface area contributed by atoms with Gasteiger partial charge in [0.05, 0.1) is 0 Å². The molecule has 4 nitrogen and oxygen atoms in total. The van der Waals surface area contributed by atoms with Crippen molar-refractivity contribution in [3.63, 3.8) is 0 Å². The number of primary amides is 1. The maximum atomic E-state index is 11.0.